The van der Waals surface area contributed by atoms with Gasteiger partial charge in [0, 0.05) is 43.7 Å². The average molecular weight is 381 g/mol. The lowest BCUT2D eigenvalue weighted by Crippen LogP contribution is -2.39. The predicted molar refractivity (Wildman–Crippen MR) is 111 cm³/mol. The maximum Gasteiger partial charge on any atom is 0.251 e. The van der Waals surface area contributed by atoms with Crippen LogP contribution in [0.15, 0.2) is 48.5 Å². The molecule has 6 nitrogen and oxygen atoms in total. The van der Waals surface area contributed by atoms with E-state index in [2.05, 4.69) is 16.7 Å². The Bertz CT molecular complexity index is 805. The second-order valence-electron chi connectivity index (χ2n) is 6.81. The minimum Gasteiger partial charge on any atom is -0.385 e. The number of nitrogens with zero attached hydrogens (tertiary/aromatic N) is 1. The molecule has 0 atom stereocenters. The van der Waals surface area contributed by atoms with E-state index >= 15 is 0 Å². The number of amides is 2. The molecular formula is C22H27N3O3. The largest absolute Gasteiger partial charge is 0.385 e. The summed E-state index contributed by atoms with van der Waals surface area (Å²) in [5.41, 5.74) is 3.65. The van der Waals surface area contributed by atoms with Crippen LogP contribution >= 0.6 is 0 Å². The molecule has 3 rings (SSSR count). The minimum atomic E-state index is -0.108. The number of carbonyl (C=O) groups is 2. The first-order chi connectivity index (χ1) is 13.7. The molecule has 28 heavy (non-hydrogen) atoms. The van der Waals surface area contributed by atoms with Crippen molar-refractivity contribution in [3.05, 3.63) is 59.7 Å². The molecule has 6 heteroatoms. The van der Waals surface area contributed by atoms with Crippen molar-refractivity contribution in [1.82, 2.24) is 5.32 Å². The maximum absolute atomic E-state index is 12.7. The summed E-state index contributed by atoms with van der Waals surface area (Å²) in [6.45, 7) is 2.17. The molecule has 0 saturated carbocycles. The SMILES string of the molecule is COCCCNC(=O)c1ccc(NCC(=O)N2CCCc3ccccc32)cc1. The molecule has 1 heterocycles. The van der Waals surface area contributed by atoms with Gasteiger partial charge in [-0.25, -0.2) is 0 Å². The molecule has 1 aliphatic rings. The number of anilines is 2. The standard InChI is InChI=1S/C22H27N3O3/c1-28-15-5-13-23-22(27)18-9-11-19(12-10-18)24-16-21(26)25-14-4-7-17-6-2-3-8-20(17)25/h2-3,6,8-12,24H,4-5,7,13-16H2,1H3,(H,23,27). The first-order valence-electron chi connectivity index (χ1n) is 9.68. The van der Waals surface area contributed by atoms with Crippen molar-refractivity contribution in [1.29, 1.82) is 0 Å². The van der Waals surface area contributed by atoms with Crippen molar-refractivity contribution in [2.45, 2.75) is 19.3 Å². The first-order valence-corrected chi connectivity index (χ1v) is 9.68. The van der Waals surface area contributed by atoms with Gasteiger partial charge in [0.1, 0.15) is 0 Å². The summed E-state index contributed by atoms with van der Waals surface area (Å²) in [7, 11) is 1.64. The van der Waals surface area contributed by atoms with Crippen molar-refractivity contribution >= 4 is 23.2 Å². The number of hydrogen-bond acceptors (Lipinski definition) is 4. The van der Waals surface area contributed by atoms with Gasteiger partial charge in [0.25, 0.3) is 5.91 Å². The monoisotopic (exact) mass is 381 g/mol. The molecule has 2 amide bonds. The van der Waals surface area contributed by atoms with E-state index in [0.29, 0.717) is 18.7 Å². The third-order valence-corrected chi connectivity index (χ3v) is 4.81. The fraction of sp³-hybridized carbons (Fsp3) is 0.364. The summed E-state index contributed by atoms with van der Waals surface area (Å²) in [5.74, 6) is -0.0595. The second-order valence-corrected chi connectivity index (χ2v) is 6.81. The van der Waals surface area contributed by atoms with Gasteiger partial charge in [-0.3, -0.25) is 9.59 Å². The van der Waals surface area contributed by atoms with Gasteiger partial charge in [-0.2, -0.15) is 0 Å². The van der Waals surface area contributed by atoms with E-state index < -0.39 is 0 Å². The maximum atomic E-state index is 12.7. The Balaban J connectivity index is 1.51. The molecule has 2 aromatic carbocycles. The zero-order valence-corrected chi connectivity index (χ0v) is 16.2. The van der Waals surface area contributed by atoms with Crippen molar-refractivity contribution in [2.24, 2.45) is 0 Å². The van der Waals surface area contributed by atoms with E-state index in [1.807, 2.05) is 35.2 Å². The predicted octanol–water partition coefficient (Wildman–Crippen LogP) is 2.84. The number of nitrogens with one attached hydrogen (secondary N) is 2. The number of carbonyl (C=O) groups excluding carboxylic acids is 2. The Morgan fingerprint density at radius 1 is 1.11 bits per heavy atom. The van der Waals surface area contributed by atoms with Crippen LogP contribution in [0.5, 0.6) is 0 Å². The van der Waals surface area contributed by atoms with E-state index in [9.17, 15) is 9.59 Å². The molecule has 148 valence electrons. The van der Waals surface area contributed by atoms with Gasteiger partial charge in [-0.05, 0) is 55.2 Å². The summed E-state index contributed by atoms with van der Waals surface area (Å²) in [5, 5.41) is 6.01. The quantitative estimate of drug-likeness (QED) is 0.690. The lowest BCUT2D eigenvalue weighted by Gasteiger charge is -2.29. The van der Waals surface area contributed by atoms with Crippen LogP contribution in [0.1, 0.15) is 28.8 Å². The van der Waals surface area contributed by atoms with E-state index in [1.54, 1.807) is 19.2 Å². The van der Waals surface area contributed by atoms with Crippen LogP contribution in [0.25, 0.3) is 0 Å². The van der Waals surface area contributed by atoms with Crippen LogP contribution in [0.4, 0.5) is 11.4 Å². The van der Waals surface area contributed by atoms with Gasteiger partial charge in [-0.1, -0.05) is 18.2 Å². The molecule has 2 aromatic rings. The van der Waals surface area contributed by atoms with Gasteiger partial charge in [-0.15, -0.1) is 0 Å². The molecule has 0 aromatic heterocycles. The summed E-state index contributed by atoms with van der Waals surface area (Å²) >= 11 is 0. The highest BCUT2D eigenvalue weighted by Crippen LogP contribution is 2.26. The molecule has 0 aliphatic carbocycles. The number of benzene rings is 2. The fourth-order valence-electron chi connectivity index (χ4n) is 3.33. The van der Waals surface area contributed by atoms with Crippen LogP contribution in [0.3, 0.4) is 0 Å². The topological polar surface area (TPSA) is 70.7 Å². The molecular weight excluding hydrogens is 354 g/mol. The second kappa shape index (κ2) is 9.90. The van der Waals surface area contributed by atoms with Crippen molar-refractivity contribution in [3.63, 3.8) is 0 Å². The molecule has 0 spiro atoms. The van der Waals surface area contributed by atoms with Crippen LogP contribution in [-0.2, 0) is 16.0 Å². The van der Waals surface area contributed by atoms with E-state index in [-0.39, 0.29) is 18.4 Å². The van der Waals surface area contributed by atoms with Gasteiger partial charge in [0.2, 0.25) is 5.91 Å². The number of hydrogen-bond donors (Lipinski definition) is 2. The highest BCUT2D eigenvalue weighted by atomic mass is 16.5. The molecule has 0 unspecified atom stereocenters. The lowest BCUT2D eigenvalue weighted by molar-refractivity contribution is -0.117. The van der Waals surface area contributed by atoms with E-state index in [1.165, 1.54) is 5.56 Å². The number of ether oxygens (including phenoxy) is 1. The fourth-order valence-corrected chi connectivity index (χ4v) is 3.33. The Morgan fingerprint density at radius 2 is 1.89 bits per heavy atom. The highest BCUT2D eigenvalue weighted by molar-refractivity contribution is 5.97. The lowest BCUT2D eigenvalue weighted by atomic mass is 10.0. The Labute approximate surface area is 165 Å². The number of methoxy groups -OCH3 is 1. The number of aryl methyl sites for hydroxylation is 1. The molecule has 1 aliphatic heterocycles. The summed E-state index contributed by atoms with van der Waals surface area (Å²) in [6.07, 6.45) is 2.78. The molecule has 0 radical (unpaired) electrons. The number of rotatable bonds is 8. The van der Waals surface area contributed by atoms with Gasteiger partial charge < -0.3 is 20.3 Å². The third kappa shape index (κ3) is 5.10. The zero-order chi connectivity index (χ0) is 19.8. The molecule has 0 saturated heterocycles. The summed E-state index contributed by atoms with van der Waals surface area (Å²) in [6, 6.07) is 15.2. The zero-order valence-electron chi connectivity index (χ0n) is 16.2. The summed E-state index contributed by atoms with van der Waals surface area (Å²) < 4.78 is 4.96. The van der Waals surface area contributed by atoms with Crippen LogP contribution in [0, 0.1) is 0 Å². The molecule has 2 N–H and O–H groups in total. The van der Waals surface area contributed by atoms with Crippen molar-refractivity contribution < 1.29 is 14.3 Å². The number of para-hydroxylation sites is 1. The Morgan fingerprint density at radius 3 is 2.68 bits per heavy atom. The van der Waals surface area contributed by atoms with Crippen LogP contribution in [0.2, 0.25) is 0 Å². The van der Waals surface area contributed by atoms with Crippen LogP contribution in [-0.4, -0.2) is 45.2 Å². The van der Waals surface area contributed by atoms with Gasteiger partial charge in [0.15, 0.2) is 0 Å². The van der Waals surface area contributed by atoms with Crippen molar-refractivity contribution in [2.75, 3.05) is 43.6 Å². The molecule has 0 bridgehead atoms. The number of fused-ring (bicyclic) bond motifs is 1. The first kappa shape index (κ1) is 19.9. The van der Waals surface area contributed by atoms with E-state index in [4.69, 9.17) is 4.74 Å². The molecule has 0 fully saturated rings. The Kier molecular flexibility index (Phi) is 7.03. The third-order valence-electron chi connectivity index (χ3n) is 4.81. The van der Waals surface area contributed by atoms with E-state index in [0.717, 1.165) is 37.2 Å². The van der Waals surface area contributed by atoms with Gasteiger partial charge in [0.05, 0.1) is 6.54 Å². The normalized spacial score (nSPS) is 13.0. The average Bonchev–Trinajstić information content (AvgIpc) is 2.75. The van der Waals surface area contributed by atoms with Crippen molar-refractivity contribution in [3.8, 4) is 0 Å². The van der Waals surface area contributed by atoms with Gasteiger partial charge >= 0.3 is 0 Å². The van der Waals surface area contributed by atoms with Crippen LogP contribution < -0.4 is 15.5 Å². The minimum absolute atomic E-state index is 0.0483. The Hall–Kier alpha value is -2.86. The smallest absolute Gasteiger partial charge is 0.251 e. The highest BCUT2D eigenvalue weighted by Gasteiger charge is 2.21. The summed E-state index contributed by atoms with van der Waals surface area (Å²) in [4.78, 5) is 26.6.